The molecular weight excluding hydrogens is 376 g/mol. The molecule has 0 bridgehead atoms. The third kappa shape index (κ3) is 4.04. The van der Waals surface area contributed by atoms with E-state index in [9.17, 15) is 9.59 Å². The lowest BCUT2D eigenvalue weighted by Crippen LogP contribution is -2.22. The number of carbonyl (C=O) groups excluding carboxylic acids is 2. The molecule has 1 aliphatic heterocycles. The molecule has 142 valence electrons. The van der Waals surface area contributed by atoms with Crippen LogP contribution in [-0.2, 0) is 11.4 Å². The van der Waals surface area contributed by atoms with Crippen molar-refractivity contribution in [3.63, 3.8) is 0 Å². The Morgan fingerprint density at radius 2 is 1.79 bits per heavy atom. The third-order valence-corrected chi connectivity index (χ3v) is 5.34. The Morgan fingerprint density at radius 1 is 1.04 bits per heavy atom. The predicted molar refractivity (Wildman–Crippen MR) is 104 cm³/mol. The highest BCUT2D eigenvalue weighted by molar-refractivity contribution is 7.99. The van der Waals surface area contributed by atoms with E-state index in [4.69, 9.17) is 9.15 Å². The molecule has 28 heavy (non-hydrogen) atoms. The molecule has 1 atom stereocenters. The van der Waals surface area contributed by atoms with Crippen molar-refractivity contribution in [3.05, 3.63) is 77.7 Å². The van der Waals surface area contributed by atoms with Gasteiger partial charge in [0.05, 0.1) is 11.2 Å². The zero-order valence-electron chi connectivity index (χ0n) is 15.1. The number of hydrogen-bond donors (Lipinski definition) is 2. The smallest absolute Gasteiger partial charge is 0.322 e. The SMILES string of the molecule is Cc1ccc(COc2ccc(Sc3ccoc3C3NC(=O)NC3=O)cc2)cc1. The standard InChI is InChI=1S/C21H18N2O4S/c1-13-2-4-14(5-3-13)12-27-15-6-8-16(9-7-15)28-17-10-11-26-19(17)18-20(24)23-21(25)22-18/h2-11,18H,12H2,1H3,(H2,22,23,24,25). The van der Waals surface area contributed by atoms with Crippen molar-refractivity contribution in [2.45, 2.75) is 29.4 Å². The second kappa shape index (κ2) is 7.82. The van der Waals surface area contributed by atoms with Crippen LogP contribution in [0.2, 0.25) is 0 Å². The van der Waals surface area contributed by atoms with Crippen molar-refractivity contribution >= 4 is 23.7 Å². The number of urea groups is 1. The summed E-state index contributed by atoms with van der Waals surface area (Å²) in [5, 5.41) is 4.76. The van der Waals surface area contributed by atoms with Crippen LogP contribution in [0.5, 0.6) is 5.75 Å². The Labute approximate surface area is 166 Å². The van der Waals surface area contributed by atoms with E-state index in [0.717, 1.165) is 21.1 Å². The molecule has 0 spiro atoms. The summed E-state index contributed by atoms with van der Waals surface area (Å²) in [6.45, 7) is 2.56. The topological polar surface area (TPSA) is 80.6 Å². The van der Waals surface area contributed by atoms with Crippen LogP contribution >= 0.6 is 11.8 Å². The van der Waals surface area contributed by atoms with Gasteiger partial charge in [0.2, 0.25) is 0 Å². The normalized spacial score (nSPS) is 16.0. The Hall–Kier alpha value is -3.19. The summed E-state index contributed by atoms with van der Waals surface area (Å²) in [5.41, 5.74) is 2.34. The first kappa shape index (κ1) is 18.2. The number of rotatable bonds is 6. The second-order valence-electron chi connectivity index (χ2n) is 6.39. The quantitative estimate of drug-likeness (QED) is 0.613. The average molecular weight is 394 g/mol. The average Bonchev–Trinajstić information content (AvgIpc) is 3.27. The molecule has 7 heteroatoms. The van der Waals surface area contributed by atoms with Gasteiger partial charge < -0.3 is 14.5 Å². The molecule has 2 heterocycles. The van der Waals surface area contributed by atoms with E-state index >= 15 is 0 Å². The minimum absolute atomic E-state index is 0.415. The number of hydrogen-bond acceptors (Lipinski definition) is 5. The van der Waals surface area contributed by atoms with Crippen molar-refractivity contribution in [2.75, 3.05) is 0 Å². The fourth-order valence-electron chi connectivity index (χ4n) is 2.79. The van der Waals surface area contributed by atoms with E-state index in [0.29, 0.717) is 12.4 Å². The summed E-state index contributed by atoms with van der Waals surface area (Å²) in [6.07, 6.45) is 1.51. The van der Waals surface area contributed by atoms with Crippen LogP contribution < -0.4 is 15.4 Å². The summed E-state index contributed by atoms with van der Waals surface area (Å²) in [4.78, 5) is 24.9. The van der Waals surface area contributed by atoms with Crippen LogP contribution in [0, 0.1) is 6.92 Å². The van der Waals surface area contributed by atoms with E-state index in [1.807, 2.05) is 24.3 Å². The van der Waals surface area contributed by atoms with Gasteiger partial charge >= 0.3 is 6.03 Å². The van der Waals surface area contributed by atoms with Crippen LogP contribution in [0.1, 0.15) is 22.9 Å². The maximum Gasteiger partial charge on any atom is 0.322 e. The van der Waals surface area contributed by atoms with Crippen LogP contribution in [0.3, 0.4) is 0 Å². The zero-order valence-corrected chi connectivity index (χ0v) is 15.9. The van der Waals surface area contributed by atoms with Gasteiger partial charge in [-0.25, -0.2) is 4.79 Å². The van der Waals surface area contributed by atoms with Gasteiger partial charge in [-0.05, 0) is 42.8 Å². The number of carbonyl (C=O) groups is 2. The fraction of sp³-hybridized carbons (Fsp3) is 0.143. The molecule has 0 saturated carbocycles. The highest BCUT2D eigenvalue weighted by atomic mass is 32.2. The highest BCUT2D eigenvalue weighted by Crippen LogP contribution is 2.35. The number of benzene rings is 2. The molecule has 1 fully saturated rings. The van der Waals surface area contributed by atoms with Gasteiger partial charge in [0.1, 0.15) is 18.1 Å². The third-order valence-electron chi connectivity index (χ3n) is 4.27. The van der Waals surface area contributed by atoms with Crippen LogP contribution in [0.4, 0.5) is 4.79 Å². The number of nitrogens with one attached hydrogen (secondary N) is 2. The van der Waals surface area contributed by atoms with E-state index in [2.05, 4.69) is 41.8 Å². The van der Waals surface area contributed by atoms with Gasteiger partial charge in [0.15, 0.2) is 6.04 Å². The Bertz CT molecular complexity index is 996. The molecule has 2 aromatic carbocycles. The molecule has 1 aliphatic rings. The van der Waals surface area contributed by atoms with Crippen LogP contribution in [-0.4, -0.2) is 11.9 Å². The first-order valence-corrected chi connectivity index (χ1v) is 9.55. The summed E-state index contributed by atoms with van der Waals surface area (Å²) >= 11 is 1.46. The summed E-state index contributed by atoms with van der Waals surface area (Å²) in [7, 11) is 0. The molecule has 1 saturated heterocycles. The molecule has 0 radical (unpaired) electrons. The number of furan rings is 1. The van der Waals surface area contributed by atoms with E-state index < -0.39 is 18.0 Å². The molecule has 1 aromatic heterocycles. The van der Waals surface area contributed by atoms with Crippen molar-refractivity contribution < 1.29 is 18.7 Å². The Kier molecular flexibility index (Phi) is 5.08. The van der Waals surface area contributed by atoms with Gasteiger partial charge in [-0.15, -0.1) is 0 Å². The van der Waals surface area contributed by atoms with Gasteiger partial charge in [-0.2, -0.15) is 0 Å². The van der Waals surface area contributed by atoms with Gasteiger partial charge in [-0.3, -0.25) is 10.1 Å². The highest BCUT2D eigenvalue weighted by Gasteiger charge is 2.35. The predicted octanol–water partition coefficient (Wildman–Crippen LogP) is 4.20. The monoisotopic (exact) mass is 394 g/mol. The van der Waals surface area contributed by atoms with Crippen molar-refractivity contribution in [2.24, 2.45) is 0 Å². The number of imide groups is 1. The minimum atomic E-state index is -0.804. The zero-order chi connectivity index (χ0) is 19.5. The Balaban J connectivity index is 1.40. The molecule has 3 aromatic rings. The lowest BCUT2D eigenvalue weighted by atomic mass is 10.2. The molecule has 4 rings (SSSR count). The molecule has 3 amide bonds. The molecule has 1 unspecified atom stereocenters. The second-order valence-corrected chi connectivity index (χ2v) is 7.51. The van der Waals surface area contributed by atoms with Crippen LogP contribution in [0.25, 0.3) is 0 Å². The number of ether oxygens (including phenoxy) is 1. The summed E-state index contributed by atoms with van der Waals surface area (Å²) in [5.74, 6) is 0.787. The number of amides is 3. The van der Waals surface area contributed by atoms with Crippen LogP contribution in [0.15, 0.2) is 75.1 Å². The molecule has 2 N–H and O–H groups in total. The lowest BCUT2D eigenvalue weighted by molar-refractivity contribution is -0.120. The maximum absolute atomic E-state index is 11.9. The van der Waals surface area contributed by atoms with Crippen molar-refractivity contribution in [3.8, 4) is 5.75 Å². The molecule has 6 nitrogen and oxygen atoms in total. The Morgan fingerprint density at radius 3 is 2.46 bits per heavy atom. The fourth-order valence-corrected chi connectivity index (χ4v) is 3.70. The van der Waals surface area contributed by atoms with Gasteiger partial charge in [0.25, 0.3) is 5.91 Å². The maximum atomic E-state index is 11.9. The largest absolute Gasteiger partial charge is 0.489 e. The van der Waals surface area contributed by atoms with E-state index in [1.165, 1.54) is 23.6 Å². The summed E-state index contributed by atoms with van der Waals surface area (Å²) < 4.78 is 11.3. The summed E-state index contributed by atoms with van der Waals surface area (Å²) in [6, 6.07) is 16.4. The van der Waals surface area contributed by atoms with E-state index in [-0.39, 0.29) is 0 Å². The molecule has 0 aliphatic carbocycles. The number of aryl methyl sites for hydroxylation is 1. The van der Waals surface area contributed by atoms with Gasteiger partial charge in [-0.1, -0.05) is 41.6 Å². The first-order chi connectivity index (χ1) is 13.6. The minimum Gasteiger partial charge on any atom is -0.489 e. The van der Waals surface area contributed by atoms with Gasteiger partial charge in [0, 0.05) is 4.90 Å². The lowest BCUT2D eigenvalue weighted by Gasteiger charge is -2.09. The first-order valence-electron chi connectivity index (χ1n) is 8.73. The van der Waals surface area contributed by atoms with Crippen molar-refractivity contribution in [1.82, 2.24) is 10.6 Å². The van der Waals surface area contributed by atoms with Crippen molar-refractivity contribution in [1.29, 1.82) is 0 Å². The van der Waals surface area contributed by atoms with E-state index in [1.54, 1.807) is 6.07 Å². The molecular formula is C21H18N2O4S.